The minimum Gasteiger partial charge on any atom is -0.352 e. The second kappa shape index (κ2) is 27.9. The molecule has 2 aliphatic heterocycles. The van der Waals surface area contributed by atoms with E-state index in [4.69, 9.17) is 0 Å². The van der Waals surface area contributed by atoms with Crippen molar-refractivity contribution in [3.8, 4) is 0 Å². The van der Waals surface area contributed by atoms with Gasteiger partial charge in [0.2, 0.25) is 35.4 Å². The van der Waals surface area contributed by atoms with E-state index in [2.05, 4.69) is 66.8 Å². The van der Waals surface area contributed by atoms with Gasteiger partial charge in [-0.05, 0) is 177 Å². The number of carbonyl (C=O) groups excluding carboxylic acids is 8. The minimum atomic E-state index is -0.845. The number of nitrogens with zero attached hydrogens (tertiary/aromatic N) is 2. The number of likely N-dealkylation sites (N-methyl/N-ethyl adjacent to an activating group) is 2. The third-order valence-corrected chi connectivity index (χ3v) is 15.8. The molecule has 2 fully saturated rings. The predicted octanol–water partition coefficient (Wildman–Crippen LogP) is 4.04. The first kappa shape index (κ1) is 57.1. The zero-order chi connectivity index (χ0) is 54.1. The standard InChI is InChI=1S/C58H80N10O8/c1-37(59-3)51(69)65-47(57(75)67-35-15-27-49(67)55(73)63-45-25-13-19-39-17-5-7-21-43(39)45)23-9-11-33-61-53(71)41-29-31-42(32-30-41)54(72)62-34-12-10-24-48(66-52(70)38(2)60-4)58(76)68-36-16-28-50(68)56(74)64-46-26-14-20-40-18-6-8-22-44(40)46/h5-8,17-18,21-22,29-32,37-38,45-50,59-60H,9-16,19-20,23-28,33-36H2,1-4H3,(H,61,71)(H,62,72)(H,63,73)(H,64,74)(H,65,69)(H,66,70)/t37-,38-,45+,46+,47-,48-,49-,50-/m0/s1. The maximum Gasteiger partial charge on any atom is 0.251 e. The Morgan fingerprint density at radius 1 is 0.513 bits per heavy atom. The van der Waals surface area contributed by atoms with Crippen LogP contribution in [0.5, 0.6) is 0 Å². The number of fused-ring (bicyclic) bond motifs is 2. The average Bonchev–Trinajstić information content (AvgIpc) is 4.16. The number of nitrogens with one attached hydrogen (secondary N) is 8. The number of aryl methyl sites for hydroxylation is 2. The second-order valence-corrected chi connectivity index (χ2v) is 20.9. The van der Waals surface area contributed by atoms with Gasteiger partial charge in [0.05, 0.1) is 24.2 Å². The molecule has 3 aromatic carbocycles. The van der Waals surface area contributed by atoms with Gasteiger partial charge < -0.3 is 52.3 Å². The molecule has 8 N–H and O–H groups in total. The highest BCUT2D eigenvalue weighted by molar-refractivity contribution is 5.98. The molecule has 2 aliphatic carbocycles. The highest BCUT2D eigenvalue weighted by atomic mass is 16.2. The molecule has 0 bridgehead atoms. The number of carbonyl (C=O) groups is 8. The summed E-state index contributed by atoms with van der Waals surface area (Å²) in [4.78, 5) is 111. The Hall–Kier alpha value is -6.66. The van der Waals surface area contributed by atoms with Crippen molar-refractivity contribution in [2.45, 2.75) is 165 Å². The van der Waals surface area contributed by atoms with Gasteiger partial charge in [-0.3, -0.25) is 38.4 Å². The van der Waals surface area contributed by atoms with E-state index in [0.29, 0.717) is 102 Å². The van der Waals surface area contributed by atoms with Crippen molar-refractivity contribution in [1.29, 1.82) is 0 Å². The number of hydrogen-bond donors (Lipinski definition) is 8. The Balaban J connectivity index is 0.843. The lowest BCUT2D eigenvalue weighted by Gasteiger charge is -2.32. The Labute approximate surface area is 447 Å². The molecule has 18 nitrogen and oxygen atoms in total. The SMILES string of the molecule is CN[C@@H](C)C(=O)N[C@@H](CCCCNC(=O)c1ccc(C(=O)NCCCC[C@H](NC(=O)[C@H](C)NC)C(=O)N2CCC[C@H]2C(=O)N[C@@H]2CCCc3ccccc32)cc1)C(=O)N1CCC[C@H]1C(=O)N[C@@H]1CCCc2ccccc21. The van der Waals surface area contributed by atoms with Gasteiger partial charge in [0.1, 0.15) is 24.2 Å². The summed E-state index contributed by atoms with van der Waals surface area (Å²) in [7, 11) is 3.34. The van der Waals surface area contributed by atoms with Gasteiger partial charge in [0.25, 0.3) is 11.8 Å². The van der Waals surface area contributed by atoms with E-state index in [0.717, 1.165) is 49.7 Å². The van der Waals surface area contributed by atoms with E-state index >= 15 is 0 Å². The first-order chi connectivity index (χ1) is 36.8. The Morgan fingerprint density at radius 2 is 0.908 bits per heavy atom. The summed E-state index contributed by atoms with van der Waals surface area (Å²) in [5.74, 6) is -2.21. The van der Waals surface area contributed by atoms with Crippen LogP contribution in [0.15, 0.2) is 72.8 Å². The van der Waals surface area contributed by atoms with Crippen LogP contribution < -0.4 is 42.5 Å². The predicted molar refractivity (Wildman–Crippen MR) is 290 cm³/mol. The zero-order valence-electron chi connectivity index (χ0n) is 44.8. The Morgan fingerprint density at radius 3 is 1.30 bits per heavy atom. The highest BCUT2D eigenvalue weighted by Crippen LogP contribution is 2.32. The van der Waals surface area contributed by atoms with Crippen LogP contribution in [-0.4, -0.2) is 134 Å². The lowest BCUT2D eigenvalue weighted by atomic mass is 9.87. The summed E-state index contributed by atoms with van der Waals surface area (Å²) < 4.78 is 0. The van der Waals surface area contributed by atoms with E-state index in [1.807, 2.05) is 24.3 Å². The molecule has 0 aromatic heterocycles. The van der Waals surface area contributed by atoms with Crippen molar-refractivity contribution >= 4 is 47.3 Å². The third-order valence-electron chi connectivity index (χ3n) is 15.8. The maximum absolute atomic E-state index is 14.1. The van der Waals surface area contributed by atoms with Crippen LogP contribution in [0.25, 0.3) is 0 Å². The van der Waals surface area contributed by atoms with Crippen LogP contribution in [0.3, 0.4) is 0 Å². The monoisotopic (exact) mass is 1040 g/mol. The molecular weight excluding hydrogens is 965 g/mol. The molecule has 2 saturated heterocycles. The summed E-state index contributed by atoms with van der Waals surface area (Å²) >= 11 is 0. The van der Waals surface area contributed by atoms with Crippen LogP contribution in [0, 0.1) is 0 Å². The summed E-state index contributed by atoms with van der Waals surface area (Å²) in [6, 6.07) is 18.4. The van der Waals surface area contributed by atoms with Crippen LogP contribution in [-0.2, 0) is 41.6 Å². The molecule has 8 amide bonds. The van der Waals surface area contributed by atoms with Gasteiger partial charge in [-0.2, -0.15) is 0 Å². The van der Waals surface area contributed by atoms with Crippen LogP contribution in [0.4, 0.5) is 0 Å². The van der Waals surface area contributed by atoms with Gasteiger partial charge in [0, 0.05) is 37.3 Å². The number of amides is 8. The first-order valence-electron chi connectivity index (χ1n) is 27.8. The van der Waals surface area contributed by atoms with Crippen molar-refractivity contribution in [2.75, 3.05) is 40.3 Å². The molecule has 2 heterocycles. The quantitative estimate of drug-likeness (QED) is 0.0600. The van der Waals surface area contributed by atoms with Crippen LogP contribution in [0.2, 0.25) is 0 Å². The lowest BCUT2D eigenvalue weighted by Crippen LogP contribution is -2.55. The van der Waals surface area contributed by atoms with Crippen molar-refractivity contribution in [1.82, 2.24) is 52.3 Å². The van der Waals surface area contributed by atoms with Crippen LogP contribution in [0.1, 0.15) is 159 Å². The number of likely N-dealkylation sites (tertiary alicyclic amines) is 2. The number of benzene rings is 3. The fourth-order valence-electron chi connectivity index (χ4n) is 11.0. The molecule has 0 saturated carbocycles. The molecule has 18 heteroatoms. The summed E-state index contributed by atoms with van der Waals surface area (Å²) in [5.41, 5.74) is 5.46. The number of rotatable bonds is 24. The Bertz CT molecular complexity index is 2350. The van der Waals surface area contributed by atoms with Crippen molar-refractivity contribution in [3.63, 3.8) is 0 Å². The van der Waals surface area contributed by atoms with Gasteiger partial charge in [-0.25, -0.2) is 0 Å². The fourth-order valence-corrected chi connectivity index (χ4v) is 11.0. The van der Waals surface area contributed by atoms with Gasteiger partial charge in [-0.15, -0.1) is 0 Å². The second-order valence-electron chi connectivity index (χ2n) is 20.9. The van der Waals surface area contributed by atoms with E-state index < -0.39 is 36.3 Å². The topological polar surface area (TPSA) is 239 Å². The third kappa shape index (κ3) is 14.8. The molecule has 410 valence electrons. The fraction of sp³-hybridized carbons (Fsp3) is 0.552. The summed E-state index contributed by atoms with van der Waals surface area (Å²) in [6.45, 7) is 4.90. The van der Waals surface area contributed by atoms with Crippen molar-refractivity contribution < 1.29 is 38.4 Å². The van der Waals surface area contributed by atoms with E-state index in [9.17, 15) is 38.4 Å². The highest BCUT2D eigenvalue weighted by Gasteiger charge is 2.40. The number of hydrogen-bond acceptors (Lipinski definition) is 10. The smallest absolute Gasteiger partial charge is 0.251 e. The molecule has 8 atom stereocenters. The van der Waals surface area contributed by atoms with Crippen molar-refractivity contribution in [2.24, 2.45) is 0 Å². The largest absolute Gasteiger partial charge is 0.352 e. The van der Waals surface area contributed by atoms with Gasteiger partial charge in [-0.1, -0.05) is 48.5 Å². The van der Waals surface area contributed by atoms with E-state index in [-0.39, 0.29) is 59.3 Å². The van der Waals surface area contributed by atoms with Gasteiger partial charge in [0.15, 0.2) is 0 Å². The Kier molecular flexibility index (Phi) is 21.0. The molecule has 76 heavy (non-hydrogen) atoms. The molecule has 7 rings (SSSR count). The van der Waals surface area contributed by atoms with E-state index in [1.54, 1.807) is 62.0 Å². The average molecular weight is 1050 g/mol. The van der Waals surface area contributed by atoms with E-state index in [1.165, 1.54) is 11.1 Å². The van der Waals surface area contributed by atoms with Crippen LogP contribution >= 0.6 is 0 Å². The molecule has 0 spiro atoms. The maximum atomic E-state index is 14.1. The molecule has 3 aromatic rings. The summed E-state index contributed by atoms with van der Waals surface area (Å²) in [5, 5.41) is 24.0. The molecule has 4 aliphatic rings. The molecule has 0 radical (unpaired) electrons. The van der Waals surface area contributed by atoms with Crippen molar-refractivity contribution in [3.05, 3.63) is 106 Å². The number of unbranched alkanes of at least 4 members (excludes halogenated alkanes) is 2. The zero-order valence-corrected chi connectivity index (χ0v) is 44.8. The minimum absolute atomic E-state index is 0.109. The normalized spacial score (nSPS) is 20.4. The first-order valence-corrected chi connectivity index (χ1v) is 27.8. The summed E-state index contributed by atoms with van der Waals surface area (Å²) in [6.07, 6.45) is 10.8. The molecule has 0 unspecified atom stereocenters. The lowest BCUT2D eigenvalue weighted by molar-refractivity contribution is -0.142. The van der Waals surface area contributed by atoms with Gasteiger partial charge >= 0.3 is 0 Å². The molecular formula is C58H80N10O8.